The number of esters is 1. The Kier molecular flexibility index (Phi) is 4.75. The van der Waals surface area contributed by atoms with E-state index in [1.165, 1.54) is 7.05 Å². The predicted octanol–water partition coefficient (Wildman–Crippen LogP) is 0.876. The lowest BCUT2D eigenvalue weighted by Gasteiger charge is -2.10. The third kappa shape index (κ3) is 3.41. The van der Waals surface area contributed by atoms with Gasteiger partial charge in [-0.2, -0.15) is 5.10 Å². The average molecular weight is 304 g/mol. The molecule has 0 aliphatic rings. The Bertz CT molecular complexity index is 721. The third-order valence-corrected chi connectivity index (χ3v) is 3.51. The molecule has 0 radical (unpaired) electrons. The molecule has 1 amide bonds. The molecule has 1 N–H and O–H groups in total. The van der Waals surface area contributed by atoms with Crippen LogP contribution in [0.1, 0.15) is 29.1 Å². The van der Waals surface area contributed by atoms with Crippen LogP contribution in [0, 0.1) is 20.8 Å². The molecule has 0 fully saturated rings. The zero-order valence-electron chi connectivity index (χ0n) is 13.3. The van der Waals surface area contributed by atoms with E-state index in [0.717, 1.165) is 28.3 Å². The smallest absolute Gasteiger partial charge is 0.306 e. The van der Waals surface area contributed by atoms with E-state index in [2.05, 4.69) is 15.4 Å². The lowest BCUT2D eigenvalue weighted by molar-refractivity contribution is -0.148. The molecular weight excluding hydrogens is 284 g/mol. The maximum atomic E-state index is 11.7. The van der Waals surface area contributed by atoms with Crippen LogP contribution in [0.2, 0.25) is 0 Å². The second-order valence-corrected chi connectivity index (χ2v) is 5.15. The highest BCUT2D eigenvalue weighted by Crippen LogP contribution is 2.17. The van der Waals surface area contributed by atoms with Crippen LogP contribution in [-0.2, 0) is 20.7 Å². The van der Waals surface area contributed by atoms with Crippen LogP contribution in [0.15, 0.2) is 6.07 Å². The van der Waals surface area contributed by atoms with Gasteiger partial charge in [-0.25, -0.2) is 9.50 Å². The SMILES string of the molecule is CNC(=O)COC(=O)CCc1c(C)nc2cc(C)nn2c1C. The monoisotopic (exact) mass is 304 g/mol. The molecule has 0 bridgehead atoms. The maximum Gasteiger partial charge on any atom is 0.306 e. The van der Waals surface area contributed by atoms with Crippen molar-refractivity contribution in [3.63, 3.8) is 0 Å². The van der Waals surface area contributed by atoms with Crippen LogP contribution in [0.25, 0.3) is 5.65 Å². The topological polar surface area (TPSA) is 85.6 Å². The van der Waals surface area contributed by atoms with Crippen LogP contribution < -0.4 is 5.32 Å². The van der Waals surface area contributed by atoms with Crippen LogP contribution in [0.3, 0.4) is 0 Å². The molecule has 0 aliphatic carbocycles. The molecule has 2 aromatic rings. The minimum absolute atomic E-state index is 0.201. The van der Waals surface area contributed by atoms with E-state index in [9.17, 15) is 9.59 Å². The van der Waals surface area contributed by atoms with E-state index < -0.39 is 5.97 Å². The molecule has 2 heterocycles. The van der Waals surface area contributed by atoms with E-state index in [0.29, 0.717) is 6.42 Å². The van der Waals surface area contributed by atoms with Gasteiger partial charge in [0, 0.05) is 30.9 Å². The summed E-state index contributed by atoms with van der Waals surface area (Å²) in [7, 11) is 1.50. The van der Waals surface area contributed by atoms with Crippen LogP contribution >= 0.6 is 0 Å². The fourth-order valence-corrected chi connectivity index (χ4v) is 2.32. The second-order valence-electron chi connectivity index (χ2n) is 5.15. The summed E-state index contributed by atoms with van der Waals surface area (Å²) in [5.41, 5.74) is 4.53. The Hall–Kier alpha value is -2.44. The molecular formula is C15H20N4O3. The number of nitrogens with one attached hydrogen (secondary N) is 1. The number of carbonyl (C=O) groups is 2. The van der Waals surface area contributed by atoms with Crippen molar-refractivity contribution in [2.24, 2.45) is 0 Å². The van der Waals surface area contributed by atoms with Gasteiger partial charge >= 0.3 is 5.97 Å². The summed E-state index contributed by atoms with van der Waals surface area (Å²) < 4.78 is 6.68. The zero-order valence-corrected chi connectivity index (χ0v) is 13.3. The first-order valence-corrected chi connectivity index (χ1v) is 7.11. The van der Waals surface area contributed by atoms with Crippen molar-refractivity contribution in [3.8, 4) is 0 Å². The Morgan fingerprint density at radius 1 is 1.32 bits per heavy atom. The largest absolute Gasteiger partial charge is 0.456 e. The molecule has 0 aliphatic heterocycles. The summed E-state index contributed by atoms with van der Waals surface area (Å²) in [6, 6.07) is 1.92. The zero-order chi connectivity index (χ0) is 16.3. The first-order chi connectivity index (χ1) is 10.4. The summed E-state index contributed by atoms with van der Waals surface area (Å²) in [5, 5.41) is 6.79. The molecule has 2 rings (SSSR count). The quantitative estimate of drug-likeness (QED) is 0.829. The lowest BCUT2D eigenvalue weighted by Crippen LogP contribution is -2.25. The van der Waals surface area contributed by atoms with Crippen molar-refractivity contribution in [2.45, 2.75) is 33.6 Å². The van der Waals surface area contributed by atoms with Crippen LogP contribution in [0.4, 0.5) is 0 Å². The molecule has 0 aromatic carbocycles. The van der Waals surface area contributed by atoms with Gasteiger partial charge in [-0.3, -0.25) is 9.59 Å². The van der Waals surface area contributed by atoms with E-state index in [1.807, 2.05) is 26.8 Å². The van der Waals surface area contributed by atoms with Gasteiger partial charge in [-0.05, 0) is 32.8 Å². The number of hydrogen-bond donors (Lipinski definition) is 1. The van der Waals surface area contributed by atoms with E-state index in [1.54, 1.807) is 4.52 Å². The number of aryl methyl sites for hydroxylation is 3. The van der Waals surface area contributed by atoms with Gasteiger partial charge in [0.15, 0.2) is 12.3 Å². The van der Waals surface area contributed by atoms with Gasteiger partial charge in [0.1, 0.15) is 0 Å². The maximum absolute atomic E-state index is 11.7. The molecule has 118 valence electrons. The van der Waals surface area contributed by atoms with Gasteiger partial charge in [0.05, 0.1) is 5.69 Å². The summed E-state index contributed by atoms with van der Waals surface area (Å²) in [4.78, 5) is 27.2. The molecule has 7 heteroatoms. The number of hydrogen-bond acceptors (Lipinski definition) is 5. The second kappa shape index (κ2) is 6.55. The summed E-state index contributed by atoms with van der Waals surface area (Å²) >= 11 is 0. The summed E-state index contributed by atoms with van der Waals surface area (Å²) in [5.74, 6) is -0.727. The number of ether oxygens (including phenoxy) is 1. The fourth-order valence-electron chi connectivity index (χ4n) is 2.32. The predicted molar refractivity (Wildman–Crippen MR) is 80.5 cm³/mol. The number of nitrogens with zero attached hydrogens (tertiary/aromatic N) is 3. The molecule has 0 spiro atoms. The Labute approximate surface area is 128 Å². The summed E-state index contributed by atoms with van der Waals surface area (Å²) in [6.07, 6.45) is 0.707. The molecule has 7 nitrogen and oxygen atoms in total. The minimum atomic E-state index is -0.404. The van der Waals surface area contributed by atoms with E-state index in [-0.39, 0.29) is 18.9 Å². The molecule has 22 heavy (non-hydrogen) atoms. The number of aromatic nitrogens is 3. The van der Waals surface area contributed by atoms with Crippen molar-refractivity contribution in [2.75, 3.05) is 13.7 Å². The van der Waals surface area contributed by atoms with Gasteiger partial charge in [-0.15, -0.1) is 0 Å². The highest BCUT2D eigenvalue weighted by atomic mass is 16.5. The molecule has 2 aromatic heterocycles. The van der Waals surface area contributed by atoms with Crippen molar-refractivity contribution in [1.82, 2.24) is 19.9 Å². The molecule has 0 saturated carbocycles. The minimum Gasteiger partial charge on any atom is -0.456 e. The van der Waals surface area contributed by atoms with Gasteiger partial charge in [0.25, 0.3) is 5.91 Å². The van der Waals surface area contributed by atoms with Crippen LogP contribution in [0.5, 0.6) is 0 Å². The molecule has 0 saturated heterocycles. The first-order valence-electron chi connectivity index (χ1n) is 7.11. The molecule has 0 unspecified atom stereocenters. The Morgan fingerprint density at radius 2 is 2.05 bits per heavy atom. The molecule has 0 atom stereocenters. The highest BCUT2D eigenvalue weighted by Gasteiger charge is 2.13. The van der Waals surface area contributed by atoms with Gasteiger partial charge < -0.3 is 10.1 Å². The highest BCUT2D eigenvalue weighted by molar-refractivity contribution is 5.80. The number of rotatable bonds is 5. The van der Waals surface area contributed by atoms with Crippen molar-refractivity contribution < 1.29 is 14.3 Å². The van der Waals surface area contributed by atoms with Crippen LogP contribution in [-0.4, -0.2) is 40.1 Å². The number of fused-ring (bicyclic) bond motifs is 1. The average Bonchev–Trinajstić information content (AvgIpc) is 2.85. The van der Waals surface area contributed by atoms with E-state index in [4.69, 9.17) is 4.74 Å². The lowest BCUT2D eigenvalue weighted by atomic mass is 10.1. The standard InChI is InChI=1S/C15H20N4O3/c1-9-7-13-17-10(2)12(11(3)19(13)18-9)5-6-15(21)22-8-14(20)16-4/h7H,5-6,8H2,1-4H3,(H,16,20). The van der Waals surface area contributed by atoms with Crippen molar-refractivity contribution in [3.05, 3.63) is 28.7 Å². The fraction of sp³-hybridized carbons (Fsp3) is 0.467. The number of likely N-dealkylation sites (N-methyl/N-ethyl adjacent to an activating group) is 1. The Balaban J connectivity index is 2.08. The van der Waals surface area contributed by atoms with E-state index >= 15 is 0 Å². The van der Waals surface area contributed by atoms with Gasteiger partial charge in [-0.1, -0.05) is 0 Å². The van der Waals surface area contributed by atoms with Gasteiger partial charge in [0.2, 0.25) is 0 Å². The third-order valence-electron chi connectivity index (χ3n) is 3.51. The first kappa shape index (κ1) is 15.9. The number of carbonyl (C=O) groups excluding carboxylic acids is 2. The summed E-state index contributed by atoms with van der Waals surface area (Å²) in [6.45, 7) is 5.54. The normalized spacial score (nSPS) is 10.7. The Morgan fingerprint density at radius 3 is 2.73 bits per heavy atom. The number of amides is 1. The van der Waals surface area contributed by atoms with Crippen molar-refractivity contribution >= 4 is 17.5 Å². The van der Waals surface area contributed by atoms with Crippen molar-refractivity contribution in [1.29, 1.82) is 0 Å².